The first-order valence-corrected chi connectivity index (χ1v) is 8.67. The maximum Gasteiger partial charge on any atom is 0.307 e. The molecule has 1 aromatic rings. The molecule has 1 aliphatic rings. The Morgan fingerprint density at radius 3 is 2.71 bits per heavy atom. The number of nitrogens with two attached hydrogens (primary N) is 1. The van der Waals surface area contributed by atoms with Crippen LogP contribution in [0.2, 0.25) is 5.02 Å². The summed E-state index contributed by atoms with van der Waals surface area (Å²) in [5.41, 5.74) is 8.00. The van der Waals surface area contributed by atoms with E-state index in [2.05, 4.69) is 0 Å². The second kappa shape index (κ2) is 8.81. The highest BCUT2D eigenvalue weighted by molar-refractivity contribution is 6.30. The van der Waals surface area contributed by atoms with E-state index >= 15 is 0 Å². The van der Waals surface area contributed by atoms with Crippen molar-refractivity contribution in [2.75, 3.05) is 33.5 Å². The molecule has 1 fully saturated rings. The zero-order chi connectivity index (χ0) is 17.6. The number of rotatable bonds is 7. The van der Waals surface area contributed by atoms with Crippen molar-refractivity contribution in [3.63, 3.8) is 0 Å². The molecule has 1 aromatic carbocycles. The molecule has 0 amide bonds. The number of halogens is 1. The molecule has 0 aromatic heterocycles. The van der Waals surface area contributed by atoms with E-state index < -0.39 is 6.04 Å². The summed E-state index contributed by atoms with van der Waals surface area (Å²) in [5, 5.41) is 0.615. The minimum absolute atomic E-state index is 0.129. The van der Waals surface area contributed by atoms with E-state index in [0.717, 1.165) is 24.0 Å². The van der Waals surface area contributed by atoms with Crippen LogP contribution in [0.25, 0.3) is 0 Å². The molecule has 2 rings (SSSR count). The topological polar surface area (TPSA) is 70.8 Å². The third-order valence-corrected chi connectivity index (χ3v) is 4.74. The Kier molecular flexibility index (Phi) is 7.04. The fourth-order valence-electron chi connectivity index (χ4n) is 3.20. The first kappa shape index (κ1) is 19.2. The van der Waals surface area contributed by atoms with E-state index in [1.165, 1.54) is 0 Å². The highest BCUT2D eigenvalue weighted by Gasteiger charge is 2.35. The van der Waals surface area contributed by atoms with Gasteiger partial charge in [0.1, 0.15) is 0 Å². The lowest BCUT2D eigenvalue weighted by Gasteiger charge is -2.37. The first-order chi connectivity index (χ1) is 11.5. The summed E-state index contributed by atoms with van der Waals surface area (Å²) >= 11 is 6.33. The fourth-order valence-corrected chi connectivity index (χ4v) is 3.45. The van der Waals surface area contributed by atoms with Crippen LogP contribution in [-0.2, 0) is 24.4 Å². The lowest BCUT2D eigenvalue weighted by Crippen LogP contribution is -2.38. The van der Waals surface area contributed by atoms with Crippen LogP contribution >= 0.6 is 11.6 Å². The Labute approximate surface area is 148 Å². The van der Waals surface area contributed by atoms with Gasteiger partial charge in [-0.05, 0) is 43.0 Å². The van der Waals surface area contributed by atoms with E-state index in [-0.39, 0.29) is 17.8 Å². The second-order valence-corrected chi connectivity index (χ2v) is 6.65. The lowest BCUT2D eigenvalue weighted by molar-refractivity contribution is -0.143. The zero-order valence-corrected chi connectivity index (χ0v) is 15.1. The SMILES string of the molecule is CCOC(=O)CC(N)c1cc(Cl)cc(C2(COC)CCOCC2)c1. The average Bonchev–Trinajstić information content (AvgIpc) is 2.55. The van der Waals surface area contributed by atoms with Crippen molar-refractivity contribution < 1.29 is 19.0 Å². The minimum atomic E-state index is -0.444. The summed E-state index contributed by atoms with van der Waals surface area (Å²) in [6.45, 7) is 4.12. The summed E-state index contributed by atoms with van der Waals surface area (Å²) in [5.74, 6) is -0.302. The second-order valence-electron chi connectivity index (χ2n) is 6.21. The highest BCUT2D eigenvalue weighted by atomic mass is 35.5. The van der Waals surface area contributed by atoms with Gasteiger partial charge in [0.05, 0.1) is 19.6 Å². The van der Waals surface area contributed by atoms with Gasteiger partial charge in [0.25, 0.3) is 0 Å². The van der Waals surface area contributed by atoms with Gasteiger partial charge in [-0.3, -0.25) is 4.79 Å². The predicted molar refractivity (Wildman–Crippen MR) is 93.2 cm³/mol. The molecule has 2 N–H and O–H groups in total. The first-order valence-electron chi connectivity index (χ1n) is 8.29. The van der Waals surface area contributed by atoms with Gasteiger partial charge < -0.3 is 19.9 Å². The predicted octanol–water partition coefficient (Wildman–Crippen LogP) is 2.99. The number of methoxy groups -OCH3 is 1. The smallest absolute Gasteiger partial charge is 0.307 e. The summed E-state index contributed by atoms with van der Waals surface area (Å²) < 4.78 is 16.0. The van der Waals surface area contributed by atoms with Gasteiger partial charge in [0, 0.05) is 36.8 Å². The molecule has 1 unspecified atom stereocenters. The van der Waals surface area contributed by atoms with Crippen molar-refractivity contribution in [1.82, 2.24) is 0 Å². The number of carbonyl (C=O) groups is 1. The summed E-state index contributed by atoms with van der Waals surface area (Å²) in [6.07, 6.45) is 1.87. The summed E-state index contributed by atoms with van der Waals surface area (Å²) in [4.78, 5) is 11.7. The van der Waals surface area contributed by atoms with Gasteiger partial charge >= 0.3 is 5.97 Å². The quantitative estimate of drug-likeness (QED) is 0.761. The molecule has 6 heteroatoms. The number of benzene rings is 1. The largest absolute Gasteiger partial charge is 0.466 e. The average molecular weight is 356 g/mol. The maximum atomic E-state index is 11.7. The molecule has 0 saturated carbocycles. The molecule has 1 aliphatic heterocycles. The molecule has 0 spiro atoms. The van der Waals surface area contributed by atoms with E-state index in [1.54, 1.807) is 14.0 Å². The van der Waals surface area contributed by atoms with Crippen LogP contribution < -0.4 is 5.73 Å². The molecular weight excluding hydrogens is 330 g/mol. The van der Waals surface area contributed by atoms with Gasteiger partial charge in [0.2, 0.25) is 0 Å². The molecule has 0 bridgehead atoms. The van der Waals surface area contributed by atoms with Crippen molar-refractivity contribution in [3.8, 4) is 0 Å². The van der Waals surface area contributed by atoms with E-state index in [4.69, 9.17) is 31.5 Å². The molecule has 0 aliphatic carbocycles. The van der Waals surface area contributed by atoms with Gasteiger partial charge in [-0.2, -0.15) is 0 Å². The van der Waals surface area contributed by atoms with Crippen LogP contribution in [0, 0.1) is 0 Å². The monoisotopic (exact) mass is 355 g/mol. The van der Waals surface area contributed by atoms with E-state index in [1.807, 2.05) is 18.2 Å². The van der Waals surface area contributed by atoms with Gasteiger partial charge in [-0.1, -0.05) is 17.7 Å². The van der Waals surface area contributed by atoms with Crippen molar-refractivity contribution >= 4 is 17.6 Å². The summed E-state index contributed by atoms with van der Waals surface area (Å²) in [7, 11) is 1.70. The van der Waals surface area contributed by atoms with E-state index in [9.17, 15) is 4.79 Å². The molecular formula is C18H26ClNO4. The number of hydrogen-bond donors (Lipinski definition) is 1. The minimum Gasteiger partial charge on any atom is -0.466 e. The highest BCUT2D eigenvalue weighted by Crippen LogP contribution is 2.37. The Balaban J connectivity index is 2.27. The van der Waals surface area contributed by atoms with Gasteiger partial charge in [-0.15, -0.1) is 0 Å². The third-order valence-electron chi connectivity index (χ3n) is 4.52. The molecule has 1 atom stereocenters. The number of carbonyl (C=O) groups excluding carboxylic acids is 1. The van der Waals surface area contributed by atoms with Crippen molar-refractivity contribution in [2.45, 2.75) is 37.6 Å². The van der Waals surface area contributed by atoms with Crippen LogP contribution in [0.3, 0.4) is 0 Å². The fraction of sp³-hybridized carbons (Fsp3) is 0.611. The Morgan fingerprint density at radius 1 is 1.38 bits per heavy atom. The number of hydrogen-bond acceptors (Lipinski definition) is 5. The Hall–Kier alpha value is -1.14. The van der Waals surface area contributed by atoms with Gasteiger partial charge in [-0.25, -0.2) is 0 Å². The number of esters is 1. The van der Waals surface area contributed by atoms with Crippen molar-refractivity contribution in [1.29, 1.82) is 0 Å². The normalized spacial score (nSPS) is 18.2. The van der Waals surface area contributed by atoms with Crippen LogP contribution in [0.4, 0.5) is 0 Å². The molecule has 134 valence electrons. The van der Waals surface area contributed by atoms with Gasteiger partial charge in [0.15, 0.2) is 0 Å². The molecule has 24 heavy (non-hydrogen) atoms. The van der Waals surface area contributed by atoms with Crippen LogP contribution in [-0.4, -0.2) is 39.5 Å². The van der Waals surface area contributed by atoms with Crippen LogP contribution in [0.1, 0.15) is 43.4 Å². The van der Waals surface area contributed by atoms with E-state index in [0.29, 0.717) is 31.5 Å². The molecule has 1 saturated heterocycles. The third kappa shape index (κ3) is 4.70. The van der Waals surface area contributed by atoms with Crippen molar-refractivity contribution in [3.05, 3.63) is 34.3 Å². The Morgan fingerprint density at radius 2 is 2.08 bits per heavy atom. The Bertz CT molecular complexity index is 552. The number of ether oxygens (including phenoxy) is 3. The maximum absolute atomic E-state index is 11.7. The van der Waals surface area contributed by atoms with Crippen LogP contribution in [0.5, 0.6) is 0 Å². The molecule has 5 nitrogen and oxygen atoms in total. The summed E-state index contributed by atoms with van der Waals surface area (Å²) in [6, 6.07) is 5.38. The lowest BCUT2D eigenvalue weighted by atomic mass is 9.74. The molecule has 1 heterocycles. The zero-order valence-electron chi connectivity index (χ0n) is 14.3. The van der Waals surface area contributed by atoms with Crippen molar-refractivity contribution in [2.24, 2.45) is 5.73 Å². The van der Waals surface area contributed by atoms with Crippen LogP contribution in [0.15, 0.2) is 18.2 Å². The standard InChI is InChI=1S/C18H26ClNO4/c1-3-24-17(21)11-16(20)13-8-14(10-15(19)9-13)18(12-22-2)4-6-23-7-5-18/h8-10,16H,3-7,11-12,20H2,1-2H3. The molecule has 0 radical (unpaired) electrons.